The lowest BCUT2D eigenvalue weighted by Crippen LogP contribution is -2.15. The number of nitro benzene ring substituents is 1. The minimum absolute atomic E-state index is 0.145. The Hall–Kier alpha value is -3.57. The molecule has 0 aromatic heterocycles. The molecule has 0 aliphatic carbocycles. The number of carbonyl (C=O) groups excluding carboxylic acids is 1. The number of nitrogens with zero attached hydrogens (tertiary/aromatic N) is 1. The Kier molecular flexibility index (Phi) is 6.74. The zero-order valence-electron chi connectivity index (χ0n) is 14.9. The number of anilines is 1. The second kappa shape index (κ2) is 9.22. The highest BCUT2D eigenvalue weighted by molar-refractivity contribution is 6.07. The molecule has 0 heterocycles. The second-order valence-electron chi connectivity index (χ2n) is 5.30. The van der Waals surface area contributed by atoms with Gasteiger partial charge in [0, 0.05) is 24.4 Å². The number of methoxy groups -OCH3 is 2. The van der Waals surface area contributed by atoms with Gasteiger partial charge in [-0.15, -0.1) is 6.42 Å². The van der Waals surface area contributed by atoms with Crippen molar-refractivity contribution in [2.24, 2.45) is 0 Å². The lowest BCUT2D eigenvalue weighted by molar-refractivity contribution is -0.385. The molecule has 8 nitrogen and oxygen atoms in total. The van der Waals surface area contributed by atoms with Crippen LogP contribution in [0.15, 0.2) is 36.4 Å². The highest BCUT2D eigenvalue weighted by Crippen LogP contribution is 2.35. The van der Waals surface area contributed by atoms with Gasteiger partial charge in [0.25, 0.3) is 11.6 Å². The molecule has 2 aromatic carbocycles. The topological polar surface area (TPSA) is 99.9 Å². The standard InChI is InChI=1S/C19H18N2O6/c1-4-13-6-5-7-14(10-13)20-19(22)15-11-17(26-3)18(27-9-8-25-2)12-16(15)21(23)24/h1,5-7,10-12H,8-9H2,2-3H3,(H,20,22). The minimum Gasteiger partial charge on any atom is -0.493 e. The number of rotatable bonds is 8. The number of terminal acetylenes is 1. The van der Waals surface area contributed by atoms with E-state index in [1.807, 2.05) is 0 Å². The van der Waals surface area contributed by atoms with Gasteiger partial charge in [-0.3, -0.25) is 14.9 Å². The largest absolute Gasteiger partial charge is 0.493 e. The van der Waals surface area contributed by atoms with Gasteiger partial charge in [-0.25, -0.2) is 0 Å². The molecule has 1 N–H and O–H groups in total. The molecule has 0 aliphatic rings. The molecule has 0 radical (unpaired) electrons. The number of nitrogens with one attached hydrogen (secondary N) is 1. The number of nitro groups is 1. The van der Waals surface area contributed by atoms with Crippen LogP contribution in [0.5, 0.6) is 11.5 Å². The van der Waals surface area contributed by atoms with E-state index in [1.54, 1.807) is 24.3 Å². The summed E-state index contributed by atoms with van der Waals surface area (Å²) >= 11 is 0. The molecule has 0 unspecified atom stereocenters. The molecule has 0 aliphatic heterocycles. The SMILES string of the molecule is C#Cc1cccc(NC(=O)c2cc(OC)c(OCCOC)cc2[N+](=O)[O-])c1. The van der Waals surface area contributed by atoms with Gasteiger partial charge in [-0.2, -0.15) is 0 Å². The fourth-order valence-corrected chi connectivity index (χ4v) is 2.27. The van der Waals surface area contributed by atoms with E-state index >= 15 is 0 Å². The Balaban J connectivity index is 2.37. The minimum atomic E-state index is -0.669. The Labute approximate surface area is 156 Å². The lowest BCUT2D eigenvalue weighted by Gasteiger charge is -2.13. The van der Waals surface area contributed by atoms with Gasteiger partial charge in [-0.1, -0.05) is 12.0 Å². The molecule has 0 spiro atoms. The lowest BCUT2D eigenvalue weighted by atomic mass is 10.1. The average Bonchev–Trinajstić information content (AvgIpc) is 2.67. The molecule has 140 valence electrons. The van der Waals surface area contributed by atoms with Crippen molar-refractivity contribution in [3.8, 4) is 23.8 Å². The highest BCUT2D eigenvalue weighted by Gasteiger charge is 2.25. The molecule has 0 saturated heterocycles. The third-order valence-corrected chi connectivity index (χ3v) is 3.56. The maximum atomic E-state index is 12.6. The van der Waals surface area contributed by atoms with Gasteiger partial charge in [0.15, 0.2) is 11.5 Å². The number of benzene rings is 2. The van der Waals surface area contributed by atoms with Crippen molar-refractivity contribution in [2.45, 2.75) is 0 Å². The first kappa shape index (κ1) is 19.8. The summed E-state index contributed by atoms with van der Waals surface area (Å²) in [5, 5.41) is 14.0. The van der Waals surface area contributed by atoms with Crippen LogP contribution in [0.2, 0.25) is 0 Å². The molecule has 2 aromatic rings. The van der Waals surface area contributed by atoms with E-state index < -0.39 is 16.5 Å². The van der Waals surface area contributed by atoms with Gasteiger partial charge in [0.05, 0.1) is 24.7 Å². The highest BCUT2D eigenvalue weighted by atomic mass is 16.6. The van der Waals surface area contributed by atoms with E-state index in [0.717, 1.165) is 6.07 Å². The van der Waals surface area contributed by atoms with Crippen LogP contribution in [-0.2, 0) is 4.74 Å². The Bertz CT molecular complexity index is 888. The molecular weight excluding hydrogens is 352 g/mol. The van der Waals surface area contributed by atoms with Gasteiger partial charge in [0.1, 0.15) is 12.2 Å². The van der Waals surface area contributed by atoms with E-state index in [4.69, 9.17) is 20.6 Å². The number of ether oxygens (including phenoxy) is 3. The van der Waals surface area contributed by atoms with E-state index in [9.17, 15) is 14.9 Å². The molecule has 2 rings (SSSR count). The zero-order chi connectivity index (χ0) is 19.8. The van der Waals surface area contributed by atoms with Crippen molar-refractivity contribution in [1.82, 2.24) is 0 Å². The number of hydrogen-bond acceptors (Lipinski definition) is 6. The van der Waals surface area contributed by atoms with Crippen LogP contribution in [-0.4, -0.2) is 38.3 Å². The van der Waals surface area contributed by atoms with Gasteiger partial charge < -0.3 is 19.5 Å². The van der Waals surface area contributed by atoms with Crippen molar-refractivity contribution in [1.29, 1.82) is 0 Å². The first-order valence-electron chi connectivity index (χ1n) is 7.86. The summed E-state index contributed by atoms with van der Waals surface area (Å²) in [6, 6.07) is 9.01. The summed E-state index contributed by atoms with van der Waals surface area (Å²) in [6.45, 7) is 0.471. The van der Waals surface area contributed by atoms with Crippen LogP contribution in [0.1, 0.15) is 15.9 Å². The monoisotopic (exact) mass is 370 g/mol. The van der Waals surface area contributed by atoms with Crippen LogP contribution < -0.4 is 14.8 Å². The Morgan fingerprint density at radius 3 is 2.63 bits per heavy atom. The number of carbonyl (C=O) groups is 1. The summed E-state index contributed by atoms with van der Waals surface area (Å²) < 4.78 is 15.5. The van der Waals surface area contributed by atoms with Gasteiger partial charge in [0.2, 0.25) is 0 Å². The predicted molar refractivity (Wildman–Crippen MR) is 99.3 cm³/mol. The van der Waals surface area contributed by atoms with Crippen molar-refractivity contribution >= 4 is 17.3 Å². The summed E-state index contributed by atoms with van der Waals surface area (Å²) in [5.74, 6) is 2.12. The molecule has 8 heteroatoms. The third-order valence-electron chi connectivity index (χ3n) is 3.56. The van der Waals surface area contributed by atoms with E-state index in [2.05, 4.69) is 11.2 Å². The Morgan fingerprint density at radius 1 is 1.22 bits per heavy atom. The number of amides is 1. The summed E-state index contributed by atoms with van der Waals surface area (Å²) in [5.41, 5.74) is 0.418. The zero-order valence-corrected chi connectivity index (χ0v) is 14.9. The van der Waals surface area contributed by atoms with Gasteiger partial charge in [-0.05, 0) is 18.2 Å². The fraction of sp³-hybridized carbons (Fsp3) is 0.211. The summed E-state index contributed by atoms with van der Waals surface area (Å²) in [6.07, 6.45) is 5.34. The molecular formula is C19H18N2O6. The fourth-order valence-electron chi connectivity index (χ4n) is 2.27. The second-order valence-corrected chi connectivity index (χ2v) is 5.30. The third kappa shape index (κ3) is 4.96. The van der Waals surface area contributed by atoms with Gasteiger partial charge >= 0.3 is 0 Å². The van der Waals surface area contributed by atoms with Crippen molar-refractivity contribution in [2.75, 3.05) is 32.8 Å². The molecule has 0 bridgehead atoms. The van der Waals surface area contributed by atoms with Crippen molar-refractivity contribution < 1.29 is 23.9 Å². The van der Waals surface area contributed by atoms with Crippen LogP contribution in [0.3, 0.4) is 0 Å². The van der Waals surface area contributed by atoms with Crippen LogP contribution in [0, 0.1) is 22.5 Å². The van der Waals surface area contributed by atoms with Crippen LogP contribution in [0.4, 0.5) is 11.4 Å². The van der Waals surface area contributed by atoms with Crippen molar-refractivity contribution in [3.63, 3.8) is 0 Å². The molecule has 0 atom stereocenters. The smallest absolute Gasteiger partial charge is 0.286 e. The maximum Gasteiger partial charge on any atom is 0.286 e. The quantitative estimate of drug-likeness (QED) is 0.332. The molecule has 0 saturated carbocycles. The summed E-state index contributed by atoms with van der Waals surface area (Å²) in [7, 11) is 2.88. The molecule has 0 fully saturated rings. The average molecular weight is 370 g/mol. The maximum absolute atomic E-state index is 12.6. The van der Waals surface area contributed by atoms with E-state index in [1.165, 1.54) is 20.3 Å². The molecule has 27 heavy (non-hydrogen) atoms. The van der Waals surface area contributed by atoms with E-state index in [0.29, 0.717) is 17.9 Å². The first-order chi connectivity index (χ1) is 13.0. The normalized spacial score (nSPS) is 9.96. The van der Waals surface area contributed by atoms with Crippen LogP contribution >= 0.6 is 0 Å². The van der Waals surface area contributed by atoms with Crippen LogP contribution in [0.25, 0.3) is 0 Å². The Morgan fingerprint density at radius 2 is 2.00 bits per heavy atom. The predicted octanol–water partition coefficient (Wildman–Crippen LogP) is 2.86. The number of hydrogen-bond donors (Lipinski definition) is 1. The first-order valence-corrected chi connectivity index (χ1v) is 7.86. The summed E-state index contributed by atoms with van der Waals surface area (Å²) in [4.78, 5) is 23.4. The van der Waals surface area contributed by atoms with E-state index in [-0.39, 0.29) is 23.7 Å². The molecule has 1 amide bonds. The van der Waals surface area contributed by atoms with Crippen molar-refractivity contribution in [3.05, 3.63) is 57.6 Å².